The summed E-state index contributed by atoms with van der Waals surface area (Å²) >= 11 is 0. The molecule has 2 aliphatic rings. The van der Waals surface area contributed by atoms with Gasteiger partial charge in [0, 0.05) is 18.5 Å². The predicted molar refractivity (Wildman–Crippen MR) is 109 cm³/mol. The van der Waals surface area contributed by atoms with E-state index in [1.165, 1.54) is 5.56 Å². The molecule has 0 spiro atoms. The first-order valence-corrected chi connectivity index (χ1v) is 9.83. The Kier molecular flexibility index (Phi) is 4.38. The molecule has 28 heavy (non-hydrogen) atoms. The zero-order chi connectivity index (χ0) is 20.1. The summed E-state index contributed by atoms with van der Waals surface area (Å²) in [7, 11) is 0. The highest BCUT2D eigenvalue weighted by Gasteiger charge is 2.57. The summed E-state index contributed by atoms with van der Waals surface area (Å²) in [6, 6.07) is 15.6. The van der Waals surface area contributed by atoms with Crippen LogP contribution >= 0.6 is 0 Å². The van der Waals surface area contributed by atoms with E-state index in [1.54, 1.807) is 17.0 Å². The third-order valence-electron chi connectivity index (χ3n) is 5.75. The summed E-state index contributed by atoms with van der Waals surface area (Å²) in [6.07, 6.45) is 0.438. The van der Waals surface area contributed by atoms with Crippen LogP contribution in [-0.2, 0) is 16.7 Å². The fourth-order valence-corrected chi connectivity index (χ4v) is 4.57. The standard InChI is InChI=1S/C23H28N2O3/c1-22(2,3)28-21(27)25-19-11-10-17(26)14-18(19)23(4)12-13-24(20(23)25)15-16-8-6-5-7-9-16/h5-11,14,20,26H,12-13,15H2,1-4H3. The molecule has 2 atom stereocenters. The maximum Gasteiger partial charge on any atom is 0.416 e. The molecule has 1 saturated heterocycles. The van der Waals surface area contributed by atoms with E-state index in [4.69, 9.17) is 4.74 Å². The van der Waals surface area contributed by atoms with Crippen molar-refractivity contribution in [1.82, 2.24) is 4.90 Å². The number of hydrogen-bond donors (Lipinski definition) is 1. The van der Waals surface area contributed by atoms with E-state index in [-0.39, 0.29) is 23.4 Å². The molecular weight excluding hydrogens is 352 g/mol. The highest BCUT2D eigenvalue weighted by atomic mass is 16.6. The molecule has 2 aromatic carbocycles. The predicted octanol–water partition coefficient (Wildman–Crippen LogP) is 4.64. The van der Waals surface area contributed by atoms with Crippen LogP contribution < -0.4 is 4.90 Å². The van der Waals surface area contributed by atoms with Crippen molar-refractivity contribution in [1.29, 1.82) is 0 Å². The fraction of sp³-hybridized carbons (Fsp3) is 0.435. The van der Waals surface area contributed by atoms with Gasteiger partial charge < -0.3 is 9.84 Å². The Bertz CT molecular complexity index is 890. The third-order valence-corrected chi connectivity index (χ3v) is 5.75. The highest BCUT2D eigenvalue weighted by molar-refractivity contribution is 5.93. The average molecular weight is 380 g/mol. The summed E-state index contributed by atoms with van der Waals surface area (Å²) in [5.74, 6) is 0.228. The Balaban J connectivity index is 1.75. The number of anilines is 1. The Morgan fingerprint density at radius 3 is 2.61 bits per heavy atom. The first-order chi connectivity index (χ1) is 13.2. The topological polar surface area (TPSA) is 53.0 Å². The van der Waals surface area contributed by atoms with E-state index in [2.05, 4.69) is 24.0 Å². The summed E-state index contributed by atoms with van der Waals surface area (Å²) in [5.41, 5.74) is 2.24. The number of hydrogen-bond acceptors (Lipinski definition) is 4. The van der Waals surface area contributed by atoms with Crippen molar-refractivity contribution < 1.29 is 14.6 Å². The summed E-state index contributed by atoms with van der Waals surface area (Å²) in [6.45, 7) is 9.48. The van der Waals surface area contributed by atoms with Gasteiger partial charge in [-0.2, -0.15) is 0 Å². The van der Waals surface area contributed by atoms with Crippen molar-refractivity contribution >= 4 is 11.8 Å². The smallest absolute Gasteiger partial charge is 0.416 e. The van der Waals surface area contributed by atoms with E-state index in [1.807, 2.05) is 45.0 Å². The van der Waals surface area contributed by atoms with E-state index < -0.39 is 5.60 Å². The lowest BCUT2D eigenvalue weighted by molar-refractivity contribution is 0.0515. The lowest BCUT2D eigenvalue weighted by Crippen LogP contribution is -2.52. The largest absolute Gasteiger partial charge is 0.508 e. The maximum atomic E-state index is 13.2. The van der Waals surface area contributed by atoms with Gasteiger partial charge in [0.15, 0.2) is 0 Å². The molecule has 2 heterocycles. The number of likely N-dealkylation sites (tertiary alicyclic amines) is 1. The van der Waals surface area contributed by atoms with Crippen LogP contribution in [0, 0.1) is 0 Å². The maximum absolute atomic E-state index is 13.2. The number of aromatic hydroxyl groups is 1. The number of ether oxygens (including phenoxy) is 1. The second kappa shape index (κ2) is 6.52. The van der Waals surface area contributed by atoms with Crippen LogP contribution in [0.2, 0.25) is 0 Å². The highest BCUT2D eigenvalue weighted by Crippen LogP contribution is 2.53. The number of benzene rings is 2. The minimum atomic E-state index is -0.573. The molecule has 1 fully saturated rings. The van der Waals surface area contributed by atoms with Gasteiger partial charge in [0.25, 0.3) is 0 Å². The average Bonchev–Trinajstić information content (AvgIpc) is 3.06. The van der Waals surface area contributed by atoms with Gasteiger partial charge in [0.2, 0.25) is 0 Å². The second-order valence-electron chi connectivity index (χ2n) is 9.05. The number of fused-ring (bicyclic) bond motifs is 3. The van der Waals surface area contributed by atoms with Crippen LogP contribution in [0.3, 0.4) is 0 Å². The zero-order valence-electron chi connectivity index (χ0n) is 17.0. The summed E-state index contributed by atoms with van der Waals surface area (Å²) in [5, 5.41) is 10.1. The van der Waals surface area contributed by atoms with Crippen LogP contribution in [0.15, 0.2) is 48.5 Å². The molecule has 0 radical (unpaired) electrons. The Morgan fingerprint density at radius 1 is 1.21 bits per heavy atom. The molecule has 5 heteroatoms. The number of phenols is 1. The first-order valence-electron chi connectivity index (χ1n) is 9.83. The fourth-order valence-electron chi connectivity index (χ4n) is 4.57. The number of carbonyl (C=O) groups is 1. The number of rotatable bonds is 2. The van der Waals surface area contributed by atoms with Gasteiger partial charge >= 0.3 is 6.09 Å². The number of amides is 1. The van der Waals surface area contributed by atoms with Gasteiger partial charge in [-0.15, -0.1) is 0 Å². The SMILES string of the molecule is CC(C)(C)OC(=O)N1c2ccc(O)cc2C2(C)CCN(Cc3ccccc3)C12. The minimum Gasteiger partial charge on any atom is -0.508 e. The van der Waals surface area contributed by atoms with E-state index in [9.17, 15) is 9.90 Å². The van der Waals surface area contributed by atoms with Gasteiger partial charge in [-0.05, 0) is 56.5 Å². The first kappa shape index (κ1) is 18.8. The third kappa shape index (κ3) is 3.14. The van der Waals surface area contributed by atoms with Gasteiger partial charge in [-0.1, -0.05) is 37.3 Å². The van der Waals surface area contributed by atoms with Crippen molar-refractivity contribution in [3.63, 3.8) is 0 Å². The van der Waals surface area contributed by atoms with Crippen molar-refractivity contribution in [3.05, 3.63) is 59.7 Å². The molecule has 0 aliphatic carbocycles. The molecule has 5 nitrogen and oxygen atoms in total. The van der Waals surface area contributed by atoms with Crippen LogP contribution in [0.1, 0.15) is 45.2 Å². The van der Waals surface area contributed by atoms with Crippen LogP contribution in [0.5, 0.6) is 5.75 Å². The van der Waals surface area contributed by atoms with Crippen LogP contribution in [-0.4, -0.2) is 34.4 Å². The Labute approximate surface area is 166 Å². The molecule has 1 amide bonds. The number of nitrogens with zero attached hydrogens (tertiary/aromatic N) is 2. The number of phenolic OH excluding ortho intramolecular Hbond substituents is 1. The summed E-state index contributed by atoms with van der Waals surface area (Å²) < 4.78 is 5.76. The van der Waals surface area contributed by atoms with Crippen molar-refractivity contribution in [3.8, 4) is 5.75 Å². The van der Waals surface area contributed by atoms with E-state index in [0.717, 1.165) is 30.8 Å². The minimum absolute atomic E-state index is 0.139. The van der Waals surface area contributed by atoms with Crippen molar-refractivity contribution in [2.75, 3.05) is 11.4 Å². The Hall–Kier alpha value is -2.53. The molecule has 4 rings (SSSR count). The molecule has 0 bridgehead atoms. The quantitative estimate of drug-likeness (QED) is 0.825. The number of carbonyl (C=O) groups excluding carboxylic acids is 1. The lowest BCUT2D eigenvalue weighted by atomic mass is 9.81. The molecule has 2 unspecified atom stereocenters. The van der Waals surface area contributed by atoms with Crippen molar-refractivity contribution in [2.45, 2.75) is 57.8 Å². The molecule has 0 aromatic heterocycles. The Morgan fingerprint density at radius 2 is 1.93 bits per heavy atom. The van der Waals surface area contributed by atoms with E-state index >= 15 is 0 Å². The van der Waals surface area contributed by atoms with Gasteiger partial charge in [0.1, 0.15) is 17.5 Å². The van der Waals surface area contributed by atoms with Gasteiger partial charge in [0.05, 0.1) is 5.69 Å². The van der Waals surface area contributed by atoms with Gasteiger partial charge in [-0.25, -0.2) is 4.79 Å². The molecule has 2 aliphatic heterocycles. The van der Waals surface area contributed by atoms with Crippen molar-refractivity contribution in [2.24, 2.45) is 0 Å². The normalized spacial score (nSPS) is 24.1. The molecule has 148 valence electrons. The second-order valence-corrected chi connectivity index (χ2v) is 9.05. The molecule has 2 aromatic rings. The molecular formula is C23H28N2O3. The van der Waals surface area contributed by atoms with E-state index in [0.29, 0.717) is 0 Å². The van der Waals surface area contributed by atoms with Gasteiger partial charge in [-0.3, -0.25) is 9.80 Å². The van der Waals surface area contributed by atoms with Crippen LogP contribution in [0.4, 0.5) is 10.5 Å². The zero-order valence-corrected chi connectivity index (χ0v) is 17.0. The molecule has 0 saturated carbocycles. The lowest BCUT2D eigenvalue weighted by Gasteiger charge is -2.36. The summed E-state index contributed by atoms with van der Waals surface area (Å²) in [4.78, 5) is 17.3. The monoisotopic (exact) mass is 380 g/mol. The molecule has 1 N–H and O–H groups in total. The van der Waals surface area contributed by atoms with Crippen LogP contribution in [0.25, 0.3) is 0 Å².